The zero-order valence-corrected chi connectivity index (χ0v) is 13.7. The summed E-state index contributed by atoms with van der Waals surface area (Å²) in [4.78, 5) is 14.9. The van der Waals surface area contributed by atoms with E-state index < -0.39 is 24.3 Å². The van der Waals surface area contributed by atoms with Crippen LogP contribution in [0.2, 0.25) is 0 Å². The molecule has 1 saturated heterocycles. The highest BCUT2D eigenvalue weighted by Gasteiger charge is 2.52. The van der Waals surface area contributed by atoms with Crippen LogP contribution in [-0.4, -0.2) is 46.1 Å². The lowest BCUT2D eigenvalue weighted by molar-refractivity contribution is 0.00578. The molecule has 0 saturated carbocycles. The Morgan fingerprint density at radius 3 is 2.39 bits per heavy atom. The molecule has 0 bridgehead atoms. The third-order valence-corrected chi connectivity index (χ3v) is 4.28. The van der Waals surface area contributed by atoms with E-state index in [-0.39, 0.29) is 18.0 Å². The summed E-state index contributed by atoms with van der Waals surface area (Å²) in [6.07, 6.45) is 2.74. The molecule has 4 N–H and O–H groups in total. The number of carboxylic acids is 1. The number of carboxylic acid groups (broad SMARTS) is 1. The van der Waals surface area contributed by atoms with Gasteiger partial charge in [-0.2, -0.15) is 0 Å². The Kier molecular flexibility index (Phi) is 4.52. The molecule has 124 valence electrons. The summed E-state index contributed by atoms with van der Waals surface area (Å²) < 4.78 is 11.8. The van der Waals surface area contributed by atoms with Gasteiger partial charge in [0.1, 0.15) is 5.82 Å². The number of hydrogen-bond donors (Lipinski definition) is 3. The zero-order valence-electron chi connectivity index (χ0n) is 13.7. The smallest absolute Gasteiger partial charge is 0.478 e. The summed E-state index contributed by atoms with van der Waals surface area (Å²) >= 11 is 0. The van der Waals surface area contributed by atoms with Gasteiger partial charge >= 0.3 is 13.1 Å². The van der Waals surface area contributed by atoms with E-state index in [9.17, 15) is 9.90 Å². The molecule has 0 aromatic carbocycles. The zero-order chi connectivity index (χ0) is 17.4. The number of aromatic nitrogens is 1. The van der Waals surface area contributed by atoms with Crippen LogP contribution in [0.3, 0.4) is 0 Å². The minimum Gasteiger partial charge on any atom is -0.478 e. The normalized spacial score (nSPS) is 19.9. The number of anilines is 1. The molecular weight excluding hydrogens is 299 g/mol. The fourth-order valence-corrected chi connectivity index (χ4v) is 2.11. The third kappa shape index (κ3) is 3.39. The molecular formula is C15H21BN2O5. The first-order valence-electron chi connectivity index (χ1n) is 7.23. The van der Waals surface area contributed by atoms with Crippen molar-refractivity contribution in [2.75, 3.05) is 12.3 Å². The molecule has 0 aliphatic carbocycles. The van der Waals surface area contributed by atoms with Crippen molar-refractivity contribution in [2.24, 2.45) is 0 Å². The summed E-state index contributed by atoms with van der Waals surface area (Å²) in [5.41, 5.74) is 5.55. The van der Waals surface area contributed by atoms with E-state index in [1.807, 2.05) is 27.7 Å². The van der Waals surface area contributed by atoms with E-state index >= 15 is 0 Å². The SMILES string of the molecule is CC1(C)OB(C(=Cc2cc(C(=O)O)cnc2N)CO)OC1(C)C. The van der Waals surface area contributed by atoms with E-state index in [1.54, 1.807) is 6.08 Å². The number of aromatic carboxylic acids is 1. The minimum absolute atomic E-state index is 0.0108. The van der Waals surface area contributed by atoms with Crippen molar-refractivity contribution >= 4 is 25.0 Å². The maximum atomic E-state index is 11.0. The fourth-order valence-electron chi connectivity index (χ4n) is 2.11. The summed E-state index contributed by atoms with van der Waals surface area (Å²) in [7, 11) is -0.738. The molecule has 1 fully saturated rings. The van der Waals surface area contributed by atoms with Gasteiger partial charge < -0.3 is 25.3 Å². The Balaban J connectivity index is 2.37. The highest BCUT2D eigenvalue weighted by atomic mass is 16.7. The predicted molar refractivity (Wildman–Crippen MR) is 86.8 cm³/mol. The molecule has 1 aliphatic rings. The summed E-state index contributed by atoms with van der Waals surface area (Å²) in [6, 6.07) is 1.39. The van der Waals surface area contributed by atoms with E-state index in [2.05, 4.69) is 4.98 Å². The maximum Gasteiger partial charge on any atom is 0.492 e. The molecule has 1 aromatic heterocycles. The lowest BCUT2D eigenvalue weighted by Crippen LogP contribution is -2.41. The van der Waals surface area contributed by atoms with Gasteiger partial charge in [-0.05, 0) is 39.2 Å². The van der Waals surface area contributed by atoms with Crippen LogP contribution in [0.4, 0.5) is 5.82 Å². The van der Waals surface area contributed by atoms with Crippen LogP contribution < -0.4 is 5.73 Å². The summed E-state index contributed by atoms with van der Waals surface area (Å²) in [5, 5.41) is 18.7. The molecule has 1 aromatic rings. The molecule has 8 heteroatoms. The lowest BCUT2D eigenvalue weighted by atomic mass is 9.77. The highest BCUT2D eigenvalue weighted by molar-refractivity contribution is 6.55. The van der Waals surface area contributed by atoms with Gasteiger partial charge in [-0.3, -0.25) is 0 Å². The average molecular weight is 320 g/mol. The molecule has 0 unspecified atom stereocenters. The maximum absolute atomic E-state index is 11.0. The molecule has 23 heavy (non-hydrogen) atoms. The second-order valence-corrected chi connectivity index (χ2v) is 6.47. The lowest BCUT2D eigenvalue weighted by Gasteiger charge is -2.32. The van der Waals surface area contributed by atoms with Crippen LogP contribution in [0.25, 0.3) is 6.08 Å². The van der Waals surface area contributed by atoms with E-state index in [1.165, 1.54) is 12.3 Å². The molecule has 2 rings (SSSR count). The number of carbonyl (C=O) groups is 1. The first-order valence-corrected chi connectivity index (χ1v) is 7.23. The number of rotatable bonds is 4. The Labute approximate surface area is 135 Å². The van der Waals surface area contributed by atoms with Crippen LogP contribution in [0.15, 0.2) is 17.7 Å². The quantitative estimate of drug-likeness (QED) is 0.718. The van der Waals surface area contributed by atoms with Crippen molar-refractivity contribution in [2.45, 2.75) is 38.9 Å². The predicted octanol–water partition coefficient (Wildman–Crippen LogP) is 1.37. The standard InChI is InChI=1S/C15H21BN2O5/c1-14(2)15(3,4)23-16(22-14)11(8-19)6-9-5-10(13(20)21)7-18-12(9)17/h5-7,19H,8H2,1-4H3,(H2,17,18)(H,20,21). The third-order valence-electron chi connectivity index (χ3n) is 4.28. The molecule has 7 nitrogen and oxygen atoms in total. The van der Waals surface area contributed by atoms with Gasteiger partial charge in [-0.25, -0.2) is 9.78 Å². The van der Waals surface area contributed by atoms with Crippen molar-refractivity contribution in [3.05, 3.63) is 28.9 Å². The number of nitrogen functional groups attached to an aromatic ring is 1. The van der Waals surface area contributed by atoms with E-state index in [4.69, 9.17) is 20.1 Å². The van der Waals surface area contributed by atoms with Gasteiger partial charge in [0.05, 0.1) is 23.4 Å². The summed E-state index contributed by atoms with van der Waals surface area (Å²) in [6.45, 7) is 7.31. The van der Waals surface area contributed by atoms with Crippen molar-refractivity contribution < 1.29 is 24.3 Å². The number of aliphatic hydroxyl groups excluding tert-OH is 1. The fraction of sp³-hybridized carbons (Fsp3) is 0.467. The van der Waals surface area contributed by atoms with Gasteiger partial charge in [0.25, 0.3) is 0 Å². The molecule has 0 spiro atoms. The van der Waals surface area contributed by atoms with Gasteiger partial charge in [0.15, 0.2) is 0 Å². The highest BCUT2D eigenvalue weighted by Crippen LogP contribution is 2.38. The molecule has 1 aliphatic heterocycles. The van der Waals surface area contributed by atoms with Crippen LogP contribution in [0.1, 0.15) is 43.6 Å². The number of pyridine rings is 1. The molecule has 0 amide bonds. The Morgan fingerprint density at radius 2 is 1.91 bits per heavy atom. The molecule has 0 atom stereocenters. The Bertz CT molecular complexity index is 641. The van der Waals surface area contributed by atoms with Gasteiger partial charge in [0.2, 0.25) is 0 Å². The van der Waals surface area contributed by atoms with Crippen LogP contribution in [0.5, 0.6) is 0 Å². The van der Waals surface area contributed by atoms with Crippen molar-refractivity contribution in [3.63, 3.8) is 0 Å². The topological polar surface area (TPSA) is 115 Å². The minimum atomic E-state index is -1.10. The largest absolute Gasteiger partial charge is 0.492 e. The first-order chi connectivity index (χ1) is 10.6. The van der Waals surface area contributed by atoms with E-state index in [0.29, 0.717) is 11.0 Å². The Morgan fingerprint density at radius 1 is 1.35 bits per heavy atom. The van der Waals surface area contributed by atoms with Gasteiger partial charge in [0, 0.05) is 11.8 Å². The second-order valence-electron chi connectivity index (χ2n) is 6.47. The van der Waals surface area contributed by atoms with Crippen molar-refractivity contribution in [3.8, 4) is 0 Å². The van der Waals surface area contributed by atoms with Crippen molar-refractivity contribution in [1.82, 2.24) is 4.98 Å². The second kappa shape index (κ2) is 5.95. The monoisotopic (exact) mass is 320 g/mol. The van der Waals surface area contributed by atoms with Crippen LogP contribution >= 0.6 is 0 Å². The number of hydrogen-bond acceptors (Lipinski definition) is 6. The first kappa shape index (κ1) is 17.5. The number of nitrogens with zero attached hydrogens (tertiary/aromatic N) is 1. The number of aliphatic hydroxyl groups is 1. The van der Waals surface area contributed by atoms with E-state index in [0.717, 1.165) is 0 Å². The van der Waals surface area contributed by atoms with Gasteiger partial charge in [-0.15, -0.1) is 0 Å². The van der Waals surface area contributed by atoms with Crippen LogP contribution in [-0.2, 0) is 9.31 Å². The van der Waals surface area contributed by atoms with Crippen molar-refractivity contribution in [1.29, 1.82) is 0 Å². The molecule has 0 radical (unpaired) electrons. The molecule has 2 heterocycles. The average Bonchev–Trinajstić information content (AvgIpc) is 2.66. The summed E-state index contributed by atoms with van der Waals surface area (Å²) in [5.74, 6) is -0.939. The van der Waals surface area contributed by atoms with Crippen LogP contribution in [0, 0.1) is 0 Å². The Hall–Kier alpha value is -1.90. The number of nitrogens with two attached hydrogens (primary N) is 1. The van der Waals surface area contributed by atoms with Gasteiger partial charge in [-0.1, -0.05) is 6.08 Å².